The number of carbonyl (C=O) groups excluding carboxylic acids is 2. The van der Waals surface area contributed by atoms with Gasteiger partial charge in [0.1, 0.15) is 5.75 Å². The molecule has 2 aromatic carbocycles. The minimum atomic E-state index is -1.02. The normalized spacial score (nSPS) is 14.8. The second kappa shape index (κ2) is 7.29. The van der Waals surface area contributed by atoms with Gasteiger partial charge >= 0.3 is 0 Å². The summed E-state index contributed by atoms with van der Waals surface area (Å²) in [7, 11) is 0. The van der Waals surface area contributed by atoms with Gasteiger partial charge in [0.05, 0.1) is 28.7 Å². The molecule has 0 spiro atoms. The molecule has 0 aliphatic carbocycles. The van der Waals surface area contributed by atoms with Gasteiger partial charge in [-0.05, 0) is 28.7 Å². The van der Waals surface area contributed by atoms with Crippen LogP contribution in [-0.2, 0) is 11.8 Å². The zero-order chi connectivity index (χ0) is 21.5. The number of phenolic OH excluding ortho intramolecular Hbond substituents is 1. The standard InChI is InChI=1S/C21H22N2O6/c1-21(2,3)17-9-12(4-7-18(17)25)8-14(24)11-22-19(26)15-6-5-13(23(28)29)10-16(15)20(22)27/h4-7,9-10,14,24-25H,8,11H2,1-3H3. The minimum Gasteiger partial charge on any atom is -0.508 e. The highest BCUT2D eigenvalue weighted by Gasteiger charge is 2.37. The highest BCUT2D eigenvalue weighted by molar-refractivity contribution is 6.21. The van der Waals surface area contributed by atoms with Gasteiger partial charge in [0, 0.05) is 18.6 Å². The number of benzene rings is 2. The molecular weight excluding hydrogens is 376 g/mol. The largest absolute Gasteiger partial charge is 0.508 e. The number of non-ortho nitro benzene ring substituents is 1. The predicted octanol–water partition coefficient (Wildman–Crippen LogP) is 2.80. The van der Waals surface area contributed by atoms with Gasteiger partial charge in [-0.2, -0.15) is 0 Å². The van der Waals surface area contributed by atoms with Crippen molar-refractivity contribution in [1.29, 1.82) is 0 Å². The number of rotatable bonds is 5. The molecule has 1 heterocycles. The number of carbonyl (C=O) groups is 2. The van der Waals surface area contributed by atoms with Crippen LogP contribution in [0.4, 0.5) is 5.69 Å². The molecule has 2 amide bonds. The second-order valence-corrected chi connectivity index (χ2v) is 8.17. The van der Waals surface area contributed by atoms with Crippen LogP contribution in [0.2, 0.25) is 0 Å². The summed E-state index contributed by atoms with van der Waals surface area (Å²) in [6.07, 6.45) is -0.846. The van der Waals surface area contributed by atoms with E-state index in [1.807, 2.05) is 20.8 Å². The lowest BCUT2D eigenvalue weighted by molar-refractivity contribution is -0.384. The average molecular weight is 398 g/mol. The molecule has 0 saturated heterocycles. The van der Waals surface area contributed by atoms with Gasteiger partial charge in [0.15, 0.2) is 0 Å². The summed E-state index contributed by atoms with van der Waals surface area (Å²) in [5.41, 5.74) is 0.986. The Morgan fingerprint density at radius 3 is 2.34 bits per heavy atom. The van der Waals surface area contributed by atoms with Crippen molar-refractivity contribution in [3.8, 4) is 5.75 Å². The SMILES string of the molecule is CC(C)(C)c1cc(CC(O)CN2C(=O)c3ccc([N+](=O)[O-])cc3C2=O)ccc1O. The smallest absolute Gasteiger partial charge is 0.270 e. The lowest BCUT2D eigenvalue weighted by Gasteiger charge is -2.22. The highest BCUT2D eigenvalue weighted by atomic mass is 16.6. The summed E-state index contributed by atoms with van der Waals surface area (Å²) in [6.45, 7) is 5.65. The van der Waals surface area contributed by atoms with Crippen LogP contribution < -0.4 is 0 Å². The van der Waals surface area contributed by atoms with Gasteiger partial charge in [-0.15, -0.1) is 0 Å². The van der Waals surface area contributed by atoms with Gasteiger partial charge in [-0.1, -0.05) is 32.9 Å². The van der Waals surface area contributed by atoms with E-state index in [-0.39, 0.29) is 40.9 Å². The van der Waals surface area contributed by atoms with Gasteiger partial charge < -0.3 is 10.2 Å². The maximum absolute atomic E-state index is 12.5. The number of aromatic hydroxyl groups is 1. The van der Waals surface area contributed by atoms with Gasteiger partial charge in [0.2, 0.25) is 0 Å². The Hall–Kier alpha value is -3.26. The fourth-order valence-electron chi connectivity index (χ4n) is 3.42. The van der Waals surface area contributed by atoms with Crippen molar-refractivity contribution in [2.24, 2.45) is 0 Å². The Kier molecular flexibility index (Phi) is 5.15. The van der Waals surface area contributed by atoms with Crippen molar-refractivity contribution in [3.05, 3.63) is 68.8 Å². The molecule has 3 rings (SSSR count). The van der Waals surface area contributed by atoms with Gasteiger partial charge in [-0.25, -0.2) is 0 Å². The van der Waals surface area contributed by atoms with Crippen molar-refractivity contribution < 1.29 is 24.7 Å². The van der Waals surface area contributed by atoms with E-state index in [4.69, 9.17) is 0 Å². The molecule has 0 radical (unpaired) electrons. The molecule has 1 unspecified atom stereocenters. The van der Waals surface area contributed by atoms with E-state index in [0.29, 0.717) is 0 Å². The molecule has 152 valence electrons. The number of nitro benzene ring substituents is 1. The topological polar surface area (TPSA) is 121 Å². The molecule has 1 aliphatic heterocycles. The third-order valence-electron chi connectivity index (χ3n) is 4.90. The Bertz CT molecular complexity index is 1010. The van der Waals surface area contributed by atoms with E-state index in [1.54, 1.807) is 18.2 Å². The summed E-state index contributed by atoms with van der Waals surface area (Å²) < 4.78 is 0. The van der Waals surface area contributed by atoms with E-state index in [9.17, 15) is 29.9 Å². The van der Waals surface area contributed by atoms with Gasteiger partial charge in [-0.3, -0.25) is 24.6 Å². The molecule has 2 N–H and O–H groups in total. The van der Waals surface area contributed by atoms with E-state index in [2.05, 4.69) is 0 Å². The average Bonchev–Trinajstić information content (AvgIpc) is 2.87. The number of aliphatic hydroxyl groups excluding tert-OH is 1. The first-order valence-corrected chi connectivity index (χ1v) is 9.14. The molecule has 1 aliphatic rings. The van der Waals surface area contributed by atoms with Crippen molar-refractivity contribution in [3.63, 3.8) is 0 Å². The minimum absolute atomic E-state index is 0.0314. The summed E-state index contributed by atoms with van der Waals surface area (Å²) >= 11 is 0. The van der Waals surface area contributed by atoms with E-state index in [1.165, 1.54) is 12.1 Å². The molecule has 0 fully saturated rings. The zero-order valence-corrected chi connectivity index (χ0v) is 16.4. The lowest BCUT2D eigenvalue weighted by atomic mass is 9.85. The number of aliphatic hydroxyl groups is 1. The van der Waals surface area contributed by atoms with Crippen LogP contribution >= 0.6 is 0 Å². The van der Waals surface area contributed by atoms with E-state index >= 15 is 0 Å². The third-order valence-corrected chi connectivity index (χ3v) is 4.90. The molecule has 2 aromatic rings. The molecule has 8 heteroatoms. The summed E-state index contributed by atoms with van der Waals surface area (Å²) in [5, 5.41) is 31.4. The fourth-order valence-corrected chi connectivity index (χ4v) is 3.42. The summed E-state index contributed by atoms with van der Waals surface area (Å²) in [5.74, 6) is -1.08. The number of amides is 2. The number of hydrogen-bond donors (Lipinski definition) is 2. The summed E-state index contributed by atoms with van der Waals surface area (Å²) in [6, 6.07) is 8.55. The maximum atomic E-state index is 12.5. The Labute approximate surface area is 167 Å². The Morgan fingerprint density at radius 2 is 1.72 bits per heavy atom. The zero-order valence-electron chi connectivity index (χ0n) is 16.4. The van der Waals surface area contributed by atoms with Crippen LogP contribution in [0.15, 0.2) is 36.4 Å². The summed E-state index contributed by atoms with van der Waals surface area (Å²) in [4.78, 5) is 36.2. The first-order valence-electron chi connectivity index (χ1n) is 9.14. The Morgan fingerprint density at radius 1 is 1.07 bits per heavy atom. The monoisotopic (exact) mass is 398 g/mol. The van der Waals surface area contributed by atoms with Gasteiger partial charge in [0.25, 0.3) is 17.5 Å². The first-order chi connectivity index (χ1) is 13.5. The maximum Gasteiger partial charge on any atom is 0.270 e. The molecule has 8 nitrogen and oxygen atoms in total. The van der Waals surface area contributed by atoms with E-state index in [0.717, 1.165) is 22.1 Å². The van der Waals surface area contributed by atoms with Crippen molar-refractivity contribution in [1.82, 2.24) is 4.90 Å². The number of nitro groups is 1. The number of hydrogen-bond acceptors (Lipinski definition) is 6. The van der Waals surface area contributed by atoms with Crippen LogP contribution in [0.5, 0.6) is 5.75 Å². The molecular formula is C21H22N2O6. The van der Waals surface area contributed by atoms with E-state index < -0.39 is 22.8 Å². The number of fused-ring (bicyclic) bond motifs is 1. The van der Waals surface area contributed by atoms with Crippen molar-refractivity contribution in [2.75, 3.05) is 6.54 Å². The predicted molar refractivity (Wildman–Crippen MR) is 105 cm³/mol. The van der Waals surface area contributed by atoms with Crippen LogP contribution in [0.25, 0.3) is 0 Å². The highest BCUT2D eigenvalue weighted by Crippen LogP contribution is 2.32. The van der Waals surface area contributed by atoms with Crippen LogP contribution in [0, 0.1) is 10.1 Å². The molecule has 0 aromatic heterocycles. The van der Waals surface area contributed by atoms with Crippen LogP contribution in [0.1, 0.15) is 52.6 Å². The molecule has 0 saturated carbocycles. The Balaban J connectivity index is 1.76. The second-order valence-electron chi connectivity index (χ2n) is 8.17. The third kappa shape index (κ3) is 3.97. The van der Waals surface area contributed by atoms with Crippen molar-refractivity contribution in [2.45, 2.75) is 38.7 Å². The number of imide groups is 1. The molecule has 1 atom stereocenters. The first kappa shape index (κ1) is 20.5. The number of phenols is 1. The molecule has 29 heavy (non-hydrogen) atoms. The number of β-amino-alcohol motifs (C(OH)–C–C–N with tert-alkyl or cyclic N) is 1. The fraction of sp³-hybridized carbons (Fsp3) is 0.333. The van der Waals surface area contributed by atoms with Crippen molar-refractivity contribution >= 4 is 17.5 Å². The molecule has 0 bridgehead atoms. The lowest BCUT2D eigenvalue weighted by Crippen LogP contribution is -2.37. The van der Waals surface area contributed by atoms with Crippen LogP contribution in [0.3, 0.4) is 0 Å². The quantitative estimate of drug-likeness (QED) is 0.454. The van der Waals surface area contributed by atoms with Crippen LogP contribution in [-0.4, -0.2) is 44.5 Å². The number of nitrogens with zero attached hydrogens (tertiary/aromatic N) is 2.